The minimum atomic E-state index is 0.619. The quantitative estimate of drug-likeness (QED) is 0.150. The predicted octanol–water partition coefficient (Wildman–Crippen LogP) is 15.6. The summed E-state index contributed by atoms with van der Waals surface area (Å²) in [6, 6.07) is 76.7. The van der Waals surface area contributed by atoms with Gasteiger partial charge < -0.3 is 0 Å². The topological polar surface area (TPSA) is 51.6 Å². The van der Waals surface area contributed by atoms with Gasteiger partial charge in [0.25, 0.3) is 0 Å². The maximum Gasteiger partial charge on any atom is 0.164 e. The van der Waals surface area contributed by atoms with Gasteiger partial charge in [0.05, 0.1) is 11.2 Å². The van der Waals surface area contributed by atoms with Crippen LogP contribution in [0.1, 0.15) is 0 Å². The van der Waals surface area contributed by atoms with E-state index in [1.807, 2.05) is 23.5 Å². The average Bonchev–Trinajstić information content (AvgIpc) is 3.76. The highest BCUT2D eigenvalue weighted by Crippen LogP contribution is 2.46. The van der Waals surface area contributed by atoms with E-state index in [4.69, 9.17) is 19.9 Å². The normalized spacial score (nSPS) is 11.5. The van der Waals surface area contributed by atoms with Gasteiger partial charge in [0.2, 0.25) is 0 Å². The van der Waals surface area contributed by atoms with Gasteiger partial charge >= 0.3 is 0 Å². The molecule has 3 aromatic heterocycles. The van der Waals surface area contributed by atoms with Crippen molar-refractivity contribution in [2.75, 3.05) is 0 Å². The Morgan fingerprint density at radius 1 is 0.270 bits per heavy atom. The lowest BCUT2D eigenvalue weighted by molar-refractivity contribution is 1.07. The van der Waals surface area contributed by atoms with Gasteiger partial charge in [-0.15, -0.1) is 11.3 Å². The maximum atomic E-state index is 5.22. The van der Waals surface area contributed by atoms with Crippen LogP contribution < -0.4 is 0 Å². The first kappa shape index (κ1) is 36.7. The van der Waals surface area contributed by atoms with Crippen molar-refractivity contribution in [3.8, 4) is 78.8 Å². The van der Waals surface area contributed by atoms with Gasteiger partial charge in [-0.25, -0.2) is 19.9 Å². The minimum absolute atomic E-state index is 0.619. The van der Waals surface area contributed by atoms with Crippen molar-refractivity contribution in [3.63, 3.8) is 0 Å². The lowest BCUT2D eigenvalue weighted by Gasteiger charge is -2.11. The van der Waals surface area contributed by atoms with Gasteiger partial charge in [0.15, 0.2) is 17.5 Å². The van der Waals surface area contributed by atoms with Crippen LogP contribution in [0, 0.1) is 0 Å². The molecule has 5 heteroatoms. The summed E-state index contributed by atoms with van der Waals surface area (Å²) in [7, 11) is 0. The average molecular weight is 821 g/mol. The van der Waals surface area contributed by atoms with E-state index in [9.17, 15) is 0 Å². The zero-order chi connectivity index (χ0) is 41.7. The predicted molar refractivity (Wildman–Crippen MR) is 264 cm³/mol. The molecule has 0 aliphatic carbocycles. The summed E-state index contributed by atoms with van der Waals surface area (Å²) in [5, 5.41) is 6.06. The largest absolute Gasteiger partial charge is 0.247 e. The summed E-state index contributed by atoms with van der Waals surface area (Å²) < 4.78 is 2.51. The third-order valence-corrected chi connectivity index (χ3v) is 13.2. The molecule has 3 heterocycles. The second-order valence-corrected chi connectivity index (χ2v) is 16.8. The molecule has 0 fully saturated rings. The molecule has 63 heavy (non-hydrogen) atoms. The Morgan fingerprint density at radius 2 is 0.698 bits per heavy atom. The van der Waals surface area contributed by atoms with Crippen LogP contribution in [-0.4, -0.2) is 19.9 Å². The third kappa shape index (κ3) is 6.63. The highest BCUT2D eigenvalue weighted by molar-refractivity contribution is 7.27. The summed E-state index contributed by atoms with van der Waals surface area (Å²) in [6.07, 6.45) is 0. The number of thiophene rings is 1. The molecule has 0 saturated heterocycles. The molecule has 9 aromatic carbocycles. The molecule has 0 saturated carbocycles. The Bertz CT molecular complexity index is 3570. The van der Waals surface area contributed by atoms with E-state index >= 15 is 0 Å². The van der Waals surface area contributed by atoms with Crippen molar-refractivity contribution in [3.05, 3.63) is 218 Å². The SMILES string of the molecule is c1ccc(-c2cccc(-c3nc(-c4cccc(-c5ccccc5)c4)nc(-c4cccc(-c5cccc6c5sc5c6ccc6c(-c7ccccc7)nc7ccccc7c65)c4)n3)c2)cc1. The Labute approximate surface area is 368 Å². The lowest BCUT2D eigenvalue weighted by Crippen LogP contribution is -2.00. The van der Waals surface area contributed by atoms with Crippen molar-refractivity contribution in [1.82, 2.24) is 19.9 Å². The van der Waals surface area contributed by atoms with Crippen molar-refractivity contribution < 1.29 is 0 Å². The monoisotopic (exact) mass is 820 g/mol. The third-order valence-electron chi connectivity index (χ3n) is 11.9. The fourth-order valence-corrected chi connectivity index (χ4v) is 10.3. The zero-order valence-corrected chi connectivity index (χ0v) is 34.8. The molecule has 0 bridgehead atoms. The van der Waals surface area contributed by atoms with Gasteiger partial charge in [-0.3, -0.25) is 0 Å². The number of nitrogens with zero attached hydrogens (tertiary/aromatic N) is 4. The van der Waals surface area contributed by atoms with Gasteiger partial charge in [0.1, 0.15) is 0 Å². The van der Waals surface area contributed by atoms with Crippen LogP contribution >= 0.6 is 11.3 Å². The maximum absolute atomic E-state index is 5.22. The second-order valence-electron chi connectivity index (χ2n) is 15.8. The molecule has 12 rings (SSSR count). The van der Waals surface area contributed by atoms with Crippen LogP contribution in [0.25, 0.3) is 121 Å². The summed E-state index contributed by atoms with van der Waals surface area (Å²) in [5.74, 6) is 1.87. The first-order valence-corrected chi connectivity index (χ1v) is 21.9. The molecule has 0 atom stereocenters. The van der Waals surface area contributed by atoms with E-state index in [2.05, 4.69) is 206 Å². The molecule has 0 spiro atoms. The molecule has 0 aliphatic rings. The Kier molecular flexibility index (Phi) is 8.98. The zero-order valence-electron chi connectivity index (χ0n) is 34.0. The first-order valence-electron chi connectivity index (χ1n) is 21.1. The fraction of sp³-hybridized carbons (Fsp3) is 0. The summed E-state index contributed by atoms with van der Waals surface area (Å²) in [6.45, 7) is 0. The lowest BCUT2D eigenvalue weighted by atomic mass is 9.97. The van der Waals surface area contributed by atoms with Gasteiger partial charge in [-0.2, -0.15) is 0 Å². The van der Waals surface area contributed by atoms with Gasteiger partial charge in [-0.05, 0) is 57.6 Å². The van der Waals surface area contributed by atoms with E-state index in [1.54, 1.807) is 0 Å². The van der Waals surface area contributed by atoms with Crippen molar-refractivity contribution in [2.45, 2.75) is 0 Å². The molecule has 4 nitrogen and oxygen atoms in total. The van der Waals surface area contributed by atoms with Crippen LogP contribution in [0.4, 0.5) is 0 Å². The molecule has 0 N–H and O–H groups in total. The van der Waals surface area contributed by atoms with E-state index in [-0.39, 0.29) is 0 Å². The van der Waals surface area contributed by atoms with E-state index in [1.165, 1.54) is 31.1 Å². The van der Waals surface area contributed by atoms with Crippen LogP contribution in [0.5, 0.6) is 0 Å². The molecule has 12 aromatic rings. The Morgan fingerprint density at radius 3 is 1.30 bits per heavy atom. The molecular formula is C58H36N4S. The smallest absolute Gasteiger partial charge is 0.164 e. The molecule has 294 valence electrons. The number of hydrogen-bond acceptors (Lipinski definition) is 5. The molecule has 0 radical (unpaired) electrons. The van der Waals surface area contributed by atoms with Crippen LogP contribution in [0.3, 0.4) is 0 Å². The number of aromatic nitrogens is 4. The molecule has 0 aliphatic heterocycles. The highest BCUT2D eigenvalue weighted by Gasteiger charge is 2.19. The van der Waals surface area contributed by atoms with E-state index in [0.717, 1.165) is 72.1 Å². The molecule has 0 unspecified atom stereocenters. The number of para-hydroxylation sites is 1. The molecule has 0 amide bonds. The first-order chi connectivity index (χ1) is 31.2. The van der Waals surface area contributed by atoms with Gasteiger partial charge in [-0.1, -0.05) is 194 Å². The van der Waals surface area contributed by atoms with Crippen molar-refractivity contribution in [1.29, 1.82) is 0 Å². The van der Waals surface area contributed by atoms with Crippen molar-refractivity contribution >= 4 is 53.2 Å². The summed E-state index contributed by atoms with van der Waals surface area (Å²) in [5.41, 5.74) is 12.7. The Balaban J connectivity index is 1.02. The number of rotatable bonds is 7. The number of benzene rings is 9. The minimum Gasteiger partial charge on any atom is -0.247 e. The number of pyridine rings is 1. The van der Waals surface area contributed by atoms with E-state index < -0.39 is 0 Å². The standard InChI is InChI=1S/C58H36N4S/c1-4-16-37(17-5-1)40-22-12-25-43(34-40)56-60-57(44-26-13-23-41(35-44)38-18-6-2-7-19-38)62-58(61-56)45-27-14-24-42(36-45)46-29-15-30-47-48-32-33-50-52(55(48)63-54(46)47)49-28-10-11-31-51(49)59-53(50)39-20-8-3-9-21-39/h1-36H. The highest BCUT2D eigenvalue weighted by atomic mass is 32.1. The van der Waals surface area contributed by atoms with Gasteiger partial charge in [0, 0.05) is 58.6 Å². The summed E-state index contributed by atoms with van der Waals surface area (Å²) in [4.78, 5) is 20.8. The van der Waals surface area contributed by atoms with Crippen LogP contribution in [0.2, 0.25) is 0 Å². The Hall–Kier alpha value is -8.12. The van der Waals surface area contributed by atoms with Crippen LogP contribution in [0.15, 0.2) is 218 Å². The number of hydrogen-bond donors (Lipinski definition) is 0. The second kappa shape index (κ2) is 15.4. The van der Waals surface area contributed by atoms with Crippen molar-refractivity contribution in [2.24, 2.45) is 0 Å². The summed E-state index contributed by atoms with van der Waals surface area (Å²) >= 11 is 1.86. The van der Waals surface area contributed by atoms with E-state index in [0.29, 0.717) is 17.5 Å². The fourth-order valence-electron chi connectivity index (χ4n) is 8.86. The number of fused-ring (bicyclic) bond motifs is 7. The van der Waals surface area contributed by atoms with Crippen LogP contribution in [-0.2, 0) is 0 Å². The molecular weight excluding hydrogens is 785 g/mol.